The topological polar surface area (TPSA) is 54.6 Å². The van der Waals surface area contributed by atoms with E-state index in [2.05, 4.69) is 45.0 Å². The van der Waals surface area contributed by atoms with Gasteiger partial charge >= 0.3 is 5.97 Å². The number of rotatable bonds is 4. The number of carbonyl (C=O) groups is 1. The number of aromatic nitrogens is 2. The number of aliphatic carboxylic acids is 1. The van der Waals surface area contributed by atoms with Gasteiger partial charge in [-0.05, 0) is 29.5 Å². The number of hydrogen-bond acceptors (Lipinski definition) is 2. The largest absolute Gasteiger partial charge is 0.481 e. The fraction of sp³-hybridized carbons (Fsp3) is 0.333. The quantitative estimate of drug-likeness (QED) is 0.756. The van der Waals surface area contributed by atoms with Crippen LogP contribution in [0, 0.1) is 6.92 Å². The Morgan fingerprint density at radius 2 is 1.80 bits per heavy atom. The van der Waals surface area contributed by atoms with Crippen molar-refractivity contribution in [3.05, 3.63) is 59.4 Å². The van der Waals surface area contributed by atoms with E-state index < -0.39 is 5.97 Å². The Hall–Kier alpha value is -2.62. The highest BCUT2D eigenvalue weighted by molar-refractivity contribution is 5.70. The molecule has 0 unspecified atom stereocenters. The van der Waals surface area contributed by atoms with Gasteiger partial charge in [-0.15, -0.1) is 0 Å². The highest BCUT2D eigenvalue weighted by Gasteiger charge is 2.17. The monoisotopic (exact) mass is 336 g/mol. The number of aryl methyl sites for hydroxylation is 2. The third-order valence-electron chi connectivity index (χ3n) is 4.47. The van der Waals surface area contributed by atoms with Crippen LogP contribution in [0.15, 0.2) is 42.6 Å². The molecule has 0 radical (unpaired) electrons. The van der Waals surface area contributed by atoms with Gasteiger partial charge in [0.2, 0.25) is 0 Å². The van der Waals surface area contributed by atoms with Crippen molar-refractivity contribution in [2.75, 3.05) is 0 Å². The van der Waals surface area contributed by atoms with Crippen molar-refractivity contribution in [2.24, 2.45) is 0 Å². The van der Waals surface area contributed by atoms with Crippen LogP contribution in [0.2, 0.25) is 0 Å². The maximum absolute atomic E-state index is 11.1. The number of benzene rings is 1. The van der Waals surface area contributed by atoms with Crippen LogP contribution in [0.1, 0.15) is 44.0 Å². The minimum absolute atomic E-state index is 0.0921. The Bertz CT molecular complexity index is 915. The second kappa shape index (κ2) is 6.36. The summed E-state index contributed by atoms with van der Waals surface area (Å²) in [7, 11) is 0. The van der Waals surface area contributed by atoms with Crippen LogP contribution in [0.4, 0.5) is 0 Å². The summed E-state index contributed by atoms with van der Waals surface area (Å²) in [5, 5.41) is 9.10. The van der Waals surface area contributed by atoms with E-state index in [0.29, 0.717) is 6.42 Å². The van der Waals surface area contributed by atoms with Gasteiger partial charge in [0, 0.05) is 18.2 Å². The molecule has 3 aromatic rings. The molecule has 0 spiro atoms. The molecule has 2 heterocycles. The van der Waals surface area contributed by atoms with Gasteiger partial charge in [0.05, 0.1) is 17.8 Å². The van der Waals surface area contributed by atoms with Crippen LogP contribution in [0.25, 0.3) is 16.9 Å². The van der Waals surface area contributed by atoms with E-state index in [0.717, 1.165) is 28.2 Å². The number of carboxylic acids is 1. The van der Waals surface area contributed by atoms with Gasteiger partial charge in [-0.2, -0.15) is 0 Å². The lowest BCUT2D eigenvalue weighted by atomic mass is 9.86. The number of pyridine rings is 1. The predicted molar refractivity (Wildman–Crippen MR) is 100 cm³/mol. The summed E-state index contributed by atoms with van der Waals surface area (Å²) in [5.74, 6) is -0.795. The molecule has 4 nitrogen and oxygen atoms in total. The number of fused-ring (bicyclic) bond motifs is 1. The average molecular weight is 336 g/mol. The summed E-state index contributed by atoms with van der Waals surface area (Å²) in [6.07, 6.45) is 2.57. The molecule has 130 valence electrons. The SMILES string of the molecule is Cc1ccc2nc(-c3ccc(C(C)(C)C)cc3)c(CCC(=O)O)n2c1. The molecule has 1 N–H and O–H groups in total. The molecule has 0 saturated carbocycles. The maximum atomic E-state index is 11.1. The lowest BCUT2D eigenvalue weighted by Gasteiger charge is -2.19. The lowest BCUT2D eigenvalue weighted by Crippen LogP contribution is -2.10. The first-order valence-electron chi connectivity index (χ1n) is 8.56. The van der Waals surface area contributed by atoms with E-state index in [1.807, 2.05) is 29.7 Å². The Labute approximate surface area is 148 Å². The molecule has 0 aliphatic rings. The molecule has 0 bridgehead atoms. The molecule has 0 saturated heterocycles. The van der Waals surface area contributed by atoms with Crippen molar-refractivity contribution in [1.82, 2.24) is 9.38 Å². The Morgan fingerprint density at radius 1 is 1.12 bits per heavy atom. The third kappa shape index (κ3) is 3.58. The van der Waals surface area contributed by atoms with Crippen LogP contribution in [0.5, 0.6) is 0 Å². The first-order valence-corrected chi connectivity index (χ1v) is 8.56. The van der Waals surface area contributed by atoms with Crippen molar-refractivity contribution < 1.29 is 9.90 Å². The minimum Gasteiger partial charge on any atom is -0.481 e. The molecule has 3 rings (SSSR count). The van der Waals surface area contributed by atoms with Crippen LogP contribution >= 0.6 is 0 Å². The summed E-state index contributed by atoms with van der Waals surface area (Å²) in [5.41, 5.74) is 6.17. The fourth-order valence-corrected chi connectivity index (χ4v) is 3.02. The second-order valence-corrected chi connectivity index (χ2v) is 7.56. The molecule has 0 fully saturated rings. The normalized spacial score (nSPS) is 11.8. The standard InChI is InChI=1S/C21H24N2O2/c1-14-5-11-18-22-20(17(23(18)13-14)10-12-19(24)25)15-6-8-16(9-7-15)21(2,3)4/h5-9,11,13H,10,12H2,1-4H3,(H,24,25). The van der Waals surface area contributed by atoms with Crippen molar-refractivity contribution in [1.29, 1.82) is 0 Å². The van der Waals surface area contributed by atoms with Crippen molar-refractivity contribution in [2.45, 2.75) is 46.0 Å². The summed E-state index contributed by atoms with van der Waals surface area (Å²) in [4.78, 5) is 15.8. The molecule has 0 atom stereocenters. The van der Waals surface area contributed by atoms with Crippen LogP contribution in [-0.2, 0) is 16.6 Å². The molecule has 1 aromatic carbocycles. The van der Waals surface area contributed by atoms with Crippen molar-refractivity contribution >= 4 is 11.6 Å². The van der Waals surface area contributed by atoms with Gasteiger partial charge in [0.1, 0.15) is 5.65 Å². The van der Waals surface area contributed by atoms with Gasteiger partial charge in [0.25, 0.3) is 0 Å². The van der Waals surface area contributed by atoms with Gasteiger partial charge in [-0.25, -0.2) is 4.98 Å². The number of hydrogen-bond donors (Lipinski definition) is 1. The van der Waals surface area contributed by atoms with Crippen molar-refractivity contribution in [3.63, 3.8) is 0 Å². The second-order valence-electron chi connectivity index (χ2n) is 7.56. The molecule has 0 aliphatic carbocycles. The highest BCUT2D eigenvalue weighted by Crippen LogP contribution is 2.29. The number of nitrogens with zero attached hydrogens (tertiary/aromatic N) is 2. The predicted octanol–water partition coefficient (Wildman–Crippen LogP) is 4.62. The Balaban J connectivity index is 2.11. The lowest BCUT2D eigenvalue weighted by molar-refractivity contribution is -0.136. The summed E-state index contributed by atoms with van der Waals surface area (Å²) in [6.45, 7) is 8.59. The zero-order chi connectivity index (χ0) is 18.2. The average Bonchev–Trinajstić information content (AvgIpc) is 2.90. The van der Waals surface area contributed by atoms with E-state index in [1.165, 1.54) is 5.56 Å². The summed E-state index contributed by atoms with van der Waals surface area (Å²) in [6, 6.07) is 12.4. The summed E-state index contributed by atoms with van der Waals surface area (Å²) >= 11 is 0. The Morgan fingerprint density at radius 3 is 2.40 bits per heavy atom. The molecule has 0 aliphatic heterocycles. The molecule has 4 heteroatoms. The highest BCUT2D eigenvalue weighted by atomic mass is 16.4. The van der Waals surface area contributed by atoms with Gasteiger partial charge < -0.3 is 9.51 Å². The minimum atomic E-state index is -0.795. The van der Waals surface area contributed by atoms with E-state index in [4.69, 9.17) is 10.1 Å². The first-order chi connectivity index (χ1) is 11.8. The van der Waals surface area contributed by atoms with Gasteiger partial charge in [-0.3, -0.25) is 4.79 Å². The zero-order valence-corrected chi connectivity index (χ0v) is 15.2. The maximum Gasteiger partial charge on any atom is 0.303 e. The molecule has 2 aromatic heterocycles. The molecular weight excluding hydrogens is 312 g/mol. The molecular formula is C21H24N2O2. The van der Waals surface area contributed by atoms with Crippen LogP contribution in [0.3, 0.4) is 0 Å². The summed E-state index contributed by atoms with van der Waals surface area (Å²) < 4.78 is 2.02. The molecule has 25 heavy (non-hydrogen) atoms. The van der Waals surface area contributed by atoms with Gasteiger partial charge in [-0.1, -0.05) is 51.1 Å². The van der Waals surface area contributed by atoms with E-state index in [-0.39, 0.29) is 11.8 Å². The Kier molecular flexibility index (Phi) is 4.38. The number of imidazole rings is 1. The first kappa shape index (κ1) is 17.2. The zero-order valence-electron chi connectivity index (χ0n) is 15.2. The van der Waals surface area contributed by atoms with E-state index in [1.54, 1.807) is 0 Å². The third-order valence-corrected chi connectivity index (χ3v) is 4.47. The molecule has 0 amide bonds. The van der Waals surface area contributed by atoms with Gasteiger partial charge in [0.15, 0.2) is 0 Å². The van der Waals surface area contributed by atoms with Crippen LogP contribution in [-0.4, -0.2) is 20.5 Å². The number of carboxylic acid groups (broad SMARTS) is 1. The van der Waals surface area contributed by atoms with Crippen LogP contribution < -0.4 is 0 Å². The van der Waals surface area contributed by atoms with Crippen molar-refractivity contribution in [3.8, 4) is 11.3 Å². The fourth-order valence-electron chi connectivity index (χ4n) is 3.02. The van der Waals surface area contributed by atoms with E-state index in [9.17, 15) is 4.79 Å². The smallest absolute Gasteiger partial charge is 0.303 e. The van der Waals surface area contributed by atoms with E-state index >= 15 is 0 Å².